The Kier molecular flexibility index (Phi) is 2.83. The number of rotatable bonds is 3. The molecule has 0 amide bonds. The molecular formula is C8H14N4O2. The molecule has 0 aromatic carbocycles. The first kappa shape index (κ1) is 10.6. The maximum Gasteiger partial charge on any atom is 0.325 e. The third kappa shape index (κ3) is 3.12. The predicted octanol–water partition coefficient (Wildman–Crippen LogP) is 0.346. The van der Waals surface area contributed by atoms with Crippen LogP contribution < -0.4 is 0 Å². The van der Waals surface area contributed by atoms with Gasteiger partial charge >= 0.3 is 5.97 Å². The van der Waals surface area contributed by atoms with E-state index >= 15 is 0 Å². The molecule has 0 aliphatic rings. The van der Waals surface area contributed by atoms with Gasteiger partial charge in [0.25, 0.3) is 0 Å². The number of aliphatic carboxylic acids is 1. The molecule has 0 spiro atoms. The maximum absolute atomic E-state index is 10.5. The summed E-state index contributed by atoms with van der Waals surface area (Å²) in [7, 11) is 0. The Morgan fingerprint density at radius 1 is 1.50 bits per heavy atom. The molecule has 1 heterocycles. The molecule has 0 aliphatic heterocycles. The molecule has 14 heavy (non-hydrogen) atoms. The summed E-state index contributed by atoms with van der Waals surface area (Å²) in [6, 6.07) is 0. The Morgan fingerprint density at radius 2 is 2.14 bits per heavy atom. The zero-order chi connectivity index (χ0) is 10.8. The Labute approximate surface area is 81.9 Å². The van der Waals surface area contributed by atoms with Crippen molar-refractivity contribution in [3.05, 3.63) is 5.82 Å². The van der Waals surface area contributed by atoms with Gasteiger partial charge in [-0.25, -0.2) is 4.68 Å². The van der Waals surface area contributed by atoms with Gasteiger partial charge in [-0.3, -0.25) is 4.79 Å². The number of hydrogen-bond acceptors (Lipinski definition) is 4. The molecule has 6 heteroatoms. The molecule has 6 nitrogen and oxygen atoms in total. The van der Waals surface area contributed by atoms with Gasteiger partial charge in [0.05, 0.1) is 0 Å². The van der Waals surface area contributed by atoms with Crippen molar-refractivity contribution in [3.63, 3.8) is 0 Å². The normalized spacial score (nSPS) is 11.6. The molecule has 0 fully saturated rings. The minimum atomic E-state index is -0.938. The van der Waals surface area contributed by atoms with E-state index in [1.165, 1.54) is 4.68 Å². The van der Waals surface area contributed by atoms with Gasteiger partial charge in [-0.05, 0) is 15.8 Å². The zero-order valence-corrected chi connectivity index (χ0v) is 8.56. The van der Waals surface area contributed by atoms with Crippen LogP contribution in [0.2, 0.25) is 0 Å². The van der Waals surface area contributed by atoms with Gasteiger partial charge in [-0.15, -0.1) is 5.10 Å². The lowest BCUT2D eigenvalue weighted by Crippen LogP contribution is -2.18. The van der Waals surface area contributed by atoms with E-state index in [4.69, 9.17) is 5.11 Å². The van der Waals surface area contributed by atoms with Crippen LogP contribution in [0.3, 0.4) is 0 Å². The summed E-state index contributed by atoms with van der Waals surface area (Å²) >= 11 is 0. The van der Waals surface area contributed by atoms with Crippen LogP contribution in [-0.4, -0.2) is 31.3 Å². The van der Waals surface area contributed by atoms with Crippen LogP contribution >= 0.6 is 0 Å². The molecule has 0 atom stereocenters. The van der Waals surface area contributed by atoms with Gasteiger partial charge in [-0.1, -0.05) is 20.8 Å². The van der Waals surface area contributed by atoms with E-state index in [2.05, 4.69) is 15.5 Å². The number of aromatic nitrogens is 4. The highest BCUT2D eigenvalue weighted by atomic mass is 16.4. The lowest BCUT2D eigenvalue weighted by molar-refractivity contribution is -0.138. The third-order valence-electron chi connectivity index (χ3n) is 1.58. The van der Waals surface area contributed by atoms with Gasteiger partial charge < -0.3 is 5.11 Å². The van der Waals surface area contributed by atoms with Crippen molar-refractivity contribution in [2.45, 2.75) is 33.7 Å². The van der Waals surface area contributed by atoms with Crippen LogP contribution in [0.5, 0.6) is 0 Å². The molecule has 0 radical (unpaired) electrons. The van der Waals surface area contributed by atoms with E-state index in [1.54, 1.807) is 0 Å². The molecule has 1 aromatic heterocycles. The van der Waals surface area contributed by atoms with Crippen LogP contribution in [0.4, 0.5) is 0 Å². The van der Waals surface area contributed by atoms with Crippen molar-refractivity contribution in [2.24, 2.45) is 5.41 Å². The molecule has 0 saturated heterocycles. The second kappa shape index (κ2) is 3.73. The van der Waals surface area contributed by atoms with Crippen molar-refractivity contribution in [1.29, 1.82) is 0 Å². The highest BCUT2D eigenvalue weighted by Crippen LogP contribution is 2.18. The second-order valence-electron chi connectivity index (χ2n) is 4.38. The summed E-state index contributed by atoms with van der Waals surface area (Å²) < 4.78 is 1.31. The van der Waals surface area contributed by atoms with Gasteiger partial charge in [0.1, 0.15) is 6.54 Å². The van der Waals surface area contributed by atoms with Crippen LogP contribution in [-0.2, 0) is 17.8 Å². The van der Waals surface area contributed by atoms with E-state index < -0.39 is 5.97 Å². The van der Waals surface area contributed by atoms with Crippen molar-refractivity contribution in [2.75, 3.05) is 0 Å². The van der Waals surface area contributed by atoms with E-state index in [-0.39, 0.29) is 12.0 Å². The van der Waals surface area contributed by atoms with Crippen LogP contribution in [0.25, 0.3) is 0 Å². The Bertz CT molecular complexity index is 326. The van der Waals surface area contributed by atoms with Gasteiger partial charge in [0.15, 0.2) is 5.82 Å². The van der Waals surface area contributed by atoms with Crippen molar-refractivity contribution in [1.82, 2.24) is 20.2 Å². The third-order valence-corrected chi connectivity index (χ3v) is 1.58. The average molecular weight is 198 g/mol. The zero-order valence-electron chi connectivity index (χ0n) is 8.56. The van der Waals surface area contributed by atoms with Gasteiger partial charge in [0, 0.05) is 6.42 Å². The van der Waals surface area contributed by atoms with Gasteiger partial charge in [-0.2, -0.15) is 0 Å². The summed E-state index contributed by atoms with van der Waals surface area (Å²) in [5.41, 5.74) is 0.0466. The standard InChI is InChI=1S/C8H14N4O2/c1-8(2,3)4-6-9-10-11-12(6)5-7(13)14/h4-5H2,1-3H3,(H,13,14). The number of carbonyl (C=O) groups is 1. The lowest BCUT2D eigenvalue weighted by Gasteiger charge is -2.16. The Morgan fingerprint density at radius 3 is 2.64 bits per heavy atom. The number of tetrazole rings is 1. The maximum atomic E-state index is 10.5. The molecule has 0 unspecified atom stereocenters. The fraction of sp³-hybridized carbons (Fsp3) is 0.750. The van der Waals surface area contributed by atoms with Gasteiger partial charge in [0.2, 0.25) is 0 Å². The molecule has 0 aliphatic carbocycles. The van der Waals surface area contributed by atoms with E-state index in [0.29, 0.717) is 12.2 Å². The first-order valence-electron chi connectivity index (χ1n) is 4.35. The fourth-order valence-corrected chi connectivity index (χ4v) is 1.08. The first-order valence-corrected chi connectivity index (χ1v) is 4.35. The molecule has 0 saturated carbocycles. The van der Waals surface area contributed by atoms with E-state index in [0.717, 1.165) is 0 Å². The number of carboxylic acids is 1. The fourth-order valence-electron chi connectivity index (χ4n) is 1.08. The summed E-state index contributed by atoms with van der Waals surface area (Å²) in [5, 5.41) is 19.5. The molecule has 78 valence electrons. The summed E-state index contributed by atoms with van der Waals surface area (Å²) in [6.07, 6.45) is 0.660. The van der Waals surface area contributed by atoms with Crippen LogP contribution in [0, 0.1) is 5.41 Å². The molecule has 1 aromatic rings. The van der Waals surface area contributed by atoms with E-state index in [1.807, 2.05) is 20.8 Å². The quantitative estimate of drug-likeness (QED) is 0.757. The number of nitrogens with zero attached hydrogens (tertiary/aromatic N) is 4. The minimum Gasteiger partial charge on any atom is -0.480 e. The smallest absolute Gasteiger partial charge is 0.325 e. The molecule has 1 rings (SSSR count). The number of carboxylic acid groups (broad SMARTS) is 1. The largest absolute Gasteiger partial charge is 0.480 e. The summed E-state index contributed by atoms with van der Waals surface area (Å²) in [4.78, 5) is 10.5. The van der Waals surface area contributed by atoms with Crippen LogP contribution in [0.1, 0.15) is 26.6 Å². The number of hydrogen-bond donors (Lipinski definition) is 1. The summed E-state index contributed by atoms with van der Waals surface area (Å²) in [5.74, 6) is -0.327. The van der Waals surface area contributed by atoms with Crippen molar-refractivity contribution < 1.29 is 9.90 Å². The highest BCUT2D eigenvalue weighted by Gasteiger charge is 2.17. The Balaban J connectivity index is 2.77. The second-order valence-corrected chi connectivity index (χ2v) is 4.38. The monoisotopic (exact) mass is 198 g/mol. The first-order chi connectivity index (χ1) is 6.38. The topological polar surface area (TPSA) is 80.9 Å². The molecular weight excluding hydrogens is 184 g/mol. The highest BCUT2D eigenvalue weighted by molar-refractivity contribution is 5.66. The Hall–Kier alpha value is -1.46. The average Bonchev–Trinajstić information content (AvgIpc) is 2.32. The minimum absolute atomic E-state index is 0.0466. The lowest BCUT2D eigenvalue weighted by atomic mass is 9.92. The SMILES string of the molecule is CC(C)(C)Cc1nnnn1CC(=O)O. The summed E-state index contributed by atoms with van der Waals surface area (Å²) in [6.45, 7) is 5.96. The van der Waals surface area contributed by atoms with Crippen LogP contribution in [0.15, 0.2) is 0 Å². The molecule has 1 N–H and O–H groups in total. The van der Waals surface area contributed by atoms with Crippen molar-refractivity contribution in [3.8, 4) is 0 Å². The molecule has 0 bridgehead atoms. The predicted molar refractivity (Wildman–Crippen MR) is 48.6 cm³/mol. The van der Waals surface area contributed by atoms with Crippen molar-refractivity contribution >= 4 is 5.97 Å². The van der Waals surface area contributed by atoms with E-state index in [9.17, 15) is 4.79 Å².